The van der Waals surface area contributed by atoms with E-state index in [0.29, 0.717) is 0 Å². The molecule has 1 aromatic rings. The Bertz CT molecular complexity index is 465. The van der Waals surface area contributed by atoms with E-state index in [4.69, 9.17) is 9.15 Å². The van der Waals surface area contributed by atoms with Gasteiger partial charge in [-0.15, -0.1) is 0 Å². The summed E-state index contributed by atoms with van der Waals surface area (Å²) in [7, 11) is 0. The van der Waals surface area contributed by atoms with Crippen molar-refractivity contribution in [2.24, 2.45) is 0 Å². The van der Waals surface area contributed by atoms with E-state index in [1.54, 1.807) is 6.26 Å². The number of furan rings is 1. The highest BCUT2D eigenvalue weighted by Crippen LogP contribution is 2.25. The molecule has 3 unspecified atom stereocenters. The summed E-state index contributed by atoms with van der Waals surface area (Å²) in [6.07, 6.45) is 5.45. The maximum absolute atomic E-state index is 12.0. The number of ether oxygens (including phenoxy) is 1. The van der Waals surface area contributed by atoms with E-state index in [2.05, 4.69) is 17.6 Å². The summed E-state index contributed by atoms with van der Waals surface area (Å²) in [5, 5.41) is 6.63. The Labute approximate surface area is 132 Å². The standard InChI is InChI=1S/C17H28N2O3/c1-5-12(15-10-7-11-21-15)18-13-8-6-9-14(13)19-16(20)22-17(2,3)4/h7,10-14,18H,5-6,8-9H2,1-4H3,(H,19,20). The van der Waals surface area contributed by atoms with Crippen LogP contribution in [0.3, 0.4) is 0 Å². The average molecular weight is 308 g/mol. The number of carbonyl (C=O) groups is 1. The van der Waals surface area contributed by atoms with Crippen LogP contribution in [0.2, 0.25) is 0 Å². The van der Waals surface area contributed by atoms with Crippen LogP contribution < -0.4 is 10.6 Å². The smallest absolute Gasteiger partial charge is 0.407 e. The third-order valence-corrected chi connectivity index (χ3v) is 3.93. The fourth-order valence-electron chi connectivity index (χ4n) is 2.94. The maximum Gasteiger partial charge on any atom is 0.407 e. The Hall–Kier alpha value is -1.49. The highest BCUT2D eigenvalue weighted by molar-refractivity contribution is 5.68. The van der Waals surface area contributed by atoms with Crippen molar-refractivity contribution in [1.82, 2.24) is 10.6 Å². The summed E-state index contributed by atoms with van der Waals surface area (Å²) >= 11 is 0. The molecule has 1 aliphatic carbocycles. The molecule has 124 valence electrons. The van der Waals surface area contributed by atoms with Crippen LogP contribution in [-0.4, -0.2) is 23.8 Å². The molecule has 5 heteroatoms. The number of carbonyl (C=O) groups excluding carboxylic acids is 1. The van der Waals surface area contributed by atoms with Gasteiger partial charge in [-0.05, 0) is 58.6 Å². The van der Waals surface area contributed by atoms with Crippen LogP contribution >= 0.6 is 0 Å². The number of hydrogen-bond acceptors (Lipinski definition) is 4. The van der Waals surface area contributed by atoms with E-state index in [1.165, 1.54) is 0 Å². The summed E-state index contributed by atoms with van der Waals surface area (Å²) in [4.78, 5) is 12.0. The van der Waals surface area contributed by atoms with Gasteiger partial charge in [-0.3, -0.25) is 0 Å². The second-order valence-electron chi connectivity index (χ2n) is 6.93. The van der Waals surface area contributed by atoms with Gasteiger partial charge in [-0.1, -0.05) is 6.92 Å². The van der Waals surface area contributed by atoms with Crippen LogP contribution in [0.4, 0.5) is 4.79 Å². The number of nitrogens with one attached hydrogen (secondary N) is 2. The van der Waals surface area contributed by atoms with Crippen molar-refractivity contribution >= 4 is 6.09 Å². The van der Waals surface area contributed by atoms with E-state index in [9.17, 15) is 4.79 Å². The van der Waals surface area contributed by atoms with E-state index in [-0.39, 0.29) is 24.2 Å². The van der Waals surface area contributed by atoms with Gasteiger partial charge in [0, 0.05) is 12.1 Å². The number of hydrogen-bond donors (Lipinski definition) is 2. The van der Waals surface area contributed by atoms with Gasteiger partial charge in [0.1, 0.15) is 11.4 Å². The van der Waals surface area contributed by atoms with Crippen LogP contribution in [-0.2, 0) is 4.74 Å². The summed E-state index contributed by atoms with van der Waals surface area (Å²) in [5.41, 5.74) is -0.467. The second kappa shape index (κ2) is 7.18. The lowest BCUT2D eigenvalue weighted by Crippen LogP contribution is -2.48. The highest BCUT2D eigenvalue weighted by Gasteiger charge is 2.32. The van der Waals surface area contributed by atoms with Crippen molar-refractivity contribution in [3.05, 3.63) is 24.2 Å². The van der Waals surface area contributed by atoms with Gasteiger partial charge >= 0.3 is 6.09 Å². The summed E-state index contributed by atoms with van der Waals surface area (Å²) < 4.78 is 10.9. The lowest BCUT2D eigenvalue weighted by molar-refractivity contribution is 0.0496. The molecule has 0 aromatic carbocycles. The van der Waals surface area contributed by atoms with Crippen molar-refractivity contribution in [1.29, 1.82) is 0 Å². The van der Waals surface area contributed by atoms with Crippen molar-refractivity contribution in [2.75, 3.05) is 0 Å². The molecule has 1 amide bonds. The summed E-state index contributed by atoms with van der Waals surface area (Å²) in [6, 6.07) is 4.44. The molecule has 2 rings (SSSR count). The number of alkyl carbamates (subject to hydrolysis) is 1. The highest BCUT2D eigenvalue weighted by atomic mass is 16.6. The SMILES string of the molecule is CCC(NC1CCCC1NC(=O)OC(C)(C)C)c1ccco1. The fraction of sp³-hybridized carbons (Fsp3) is 0.706. The first-order valence-corrected chi connectivity index (χ1v) is 8.18. The fourth-order valence-corrected chi connectivity index (χ4v) is 2.94. The van der Waals surface area contributed by atoms with Crippen LogP contribution in [0.15, 0.2) is 22.8 Å². The van der Waals surface area contributed by atoms with Crippen LogP contribution in [0, 0.1) is 0 Å². The first-order chi connectivity index (χ1) is 10.4. The van der Waals surface area contributed by atoms with Crippen molar-refractivity contribution in [2.45, 2.75) is 77.1 Å². The third-order valence-electron chi connectivity index (χ3n) is 3.93. The third kappa shape index (κ3) is 4.77. The molecule has 0 spiro atoms. The summed E-state index contributed by atoms with van der Waals surface area (Å²) in [5.74, 6) is 0.949. The van der Waals surface area contributed by atoms with Crippen LogP contribution in [0.25, 0.3) is 0 Å². The van der Waals surface area contributed by atoms with Gasteiger partial charge in [0.25, 0.3) is 0 Å². The predicted octanol–water partition coefficient (Wildman–Crippen LogP) is 3.77. The van der Waals surface area contributed by atoms with Gasteiger partial charge in [0.05, 0.1) is 12.3 Å². The molecule has 0 radical (unpaired) electrons. The molecule has 1 fully saturated rings. The molecule has 1 saturated carbocycles. The lowest BCUT2D eigenvalue weighted by Gasteiger charge is -2.27. The van der Waals surface area contributed by atoms with Crippen molar-refractivity contribution < 1.29 is 13.9 Å². The minimum absolute atomic E-state index is 0.110. The molecule has 1 heterocycles. The maximum atomic E-state index is 12.0. The molecule has 1 aromatic heterocycles. The second-order valence-corrected chi connectivity index (χ2v) is 6.93. The monoisotopic (exact) mass is 308 g/mol. The van der Waals surface area contributed by atoms with E-state index in [0.717, 1.165) is 31.4 Å². The molecule has 0 saturated heterocycles. The van der Waals surface area contributed by atoms with Gasteiger partial charge < -0.3 is 19.8 Å². The van der Waals surface area contributed by atoms with Crippen LogP contribution in [0.5, 0.6) is 0 Å². The first kappa shape index (κ1) is 16.9. The zero-order valence-corrected chi connectivity index (χ0v) is 14.0. The topological polar surface area (TPSA) is 63.5 Å². The largest absolute Gasteiger partial charge is 0.468 e. The van der Waals surface area contributed by atoms with Gasteiger partial charge in [-0.25, -0.2) is 4.79 Å². The molecule has 5 nitrogen and oxygen atoms in total. The molecule has 0 aliphatic heterocycles. The molecular formula is C17H28N2O3. The summed E-state index contributed by atoms with van der Waals surface area (Å²) in [6.45, 7) is 7.76. The van der Waals surface area contributed by atoms with Crippen molar-refractivity contribution in [3.63, 3.8) is 0 Å². The average Bonchev–Trinajstić information content (AvgIpc) is 3.05. The van der Waals surface area contributed by atoms with E-state index < -0.39 is 5.60 Å². The van der Waals surface area contributed by atoms with Crippen LogP contribution in [0.1, 0.15) is 65.2 Å². The Morgan fingerprint density at radius 1 is 1.41 bits per heavy atom. The molecule has 3 atom stereocenters. The first-order valence-electron chi connectivity index (χ1n) is 8.18. The van der Waals surface area contributed by atoms with E-state index in [1.807, 2.05) is 32.9 Å². The minimum atomic E-state index is -0.467. The van der Waals surface area contributed by atoms with Gasteiger partial charge in [-0.2, -0.15) is 0 Å². The molecular weight excluding hydrogens is 280 g/mol. The van der Waals surface area contributed by atoms with Gasteiger partial charge in [0.15, 0.2) is 0 Å². The Morgan fingerprint density at radius 2 is 2.14 bits per heavy atom. The lowest BCUT2D eigenvalue weighted by atomic mass is 10.1. The Morgan fingerprint density at radius 3 is 2.73 bits per heavy atom. The molecule has 0 bridgehead atoms. The predicted molar refractivity (Wildman–Crippen MR) is 85.7 cm³/mol. The number of rotatable bonds is 5. The molecule has 1 aliphatic rings. The van der Waals surface area contributed by atoms with E-state index >= 15 is 0 Å². The van der Waals surface area contributed by atoms with Gasteiger partial charge in [0.2, 0.25) is 0 Å². The number of amides is 1. The zero-order chi connectivity index (χ0) is 16.2. The quantitative estimate of drug-likeness (QED) is 0.869. The minimum Gasteiger partial charge on any atom is -0.468 e. The van der Waals surface area contributed by atoms with Crippen molar-refractivity contribution in [3.8, 4) is 0 Å². The molecule has 22 heavy (non-hydrogen) atoms. The molecule has 2 N–H and O–H groups in total. The Kier molecular flexibility index (Phi) is 5.51. The zero-order valence-electron chi connectivity index (χ0n) is 14.0. The Balaban J connectivity index is 1.91. The normalized spacial score (nSPS) is 23.3.